The summed E-state index contributed by atoms with van der Waals surface area (Å²) < 4.78 is 0. The molecule has 0 unspecified atom stereocenters. The SMILES string of the molecule is CC(C)(C)c1cc2c(cc1-c1ccc(Cl)cc1)C(C1=CC=CC1)=c1c-2cc(C(C)(C)C)c(-c2ccc(Cl)cc2)c1=C(Cc1ccccc1)c1ccc(Cl)cc1. The van der Waals surface area contributed by atoms with Gasteiger partial charge in [0, 0.05) is 15.1 Å². The highest BCUT2D eigenvalue weighted by Crippen LogP contribution is 2.46. The van der Waals surface area contributed by atoms with Gasteiger partial charge in [-0.1, -0.05) is 161 Å². The van der Waals surface area contributed by atoms with E-state index >= 15 is 0 Å². The number of benzene rings is 6. The molecule has 0 bridgehead atoms. The van der Waals surface area contributed by atoms with Crippen molar-refractivity contribution in [1.29, 1.82) is 0 Å². The maximum atomic E-state index is 6.60. The molecule has 2 aliphatic rings. The highest BCUT2D eigenvalue weighted by atomic mass is 35.5. The molecule has 3 heteroatoms. The number of allylic oxidation sites excluding steroid dienone is 4. The van der Waals surface area contributed by atoms with E-state index in [1.807, 2.05) is 36.4 Å². The van der Waals surface area contributed by atoms with Crippen LogP contribution in [0.2, 0.25) is 15.1 Å². The van der Waals surface area contributed by atoms with E-state index in [9.17, 15) is 0 Å². The molecule has 2 aliphatic carbocycles. The quantitative estimate of drug-likeness (QED) is 0.158. The van der Waals surface area contributed by atoms with Gasteiger partial charge in [-0.05, 0) is 167 Å². The van der Waals surface area contributed by atoms with Crippen LogP contribution in [-0.4, -0.2) is 0 Å². The van der Waals surface area contributed by atoms with Crippen LogP contribution in [0.3, 0.4) is 0 Å². The fourth-order valence-corrected chi connectivity index (χ4v) is 8.75. The van der Waals surface area contributed by atoms with Crippen molar-refractivity contribution in [2.75, 3.05) is 0 Å². The molecule has 0 atom stereocenters. The molecule has 6 aromatic carbocycles. The van der Waals surface area contributed by atoms with E-state index in [1.165, 1.54) is 77.2 Å². The summed E-state index contributed by atoms with van der Waals surface area (Å²) in [6.07, 6.45) is 8.42. The molecule has 274 valence electrons. The Balaban J connectivity index is 1.65. The third-order valence-corrected chi connectivity index (χ3v) is 11.8. The molecular formula is C52H45Cl3. The van der Waals surface area contributed by atoms with Gasteiger partial charge in [0.2, 0.25) is 0 Å². The molecule has 0 saturated carbocycles. The molecule has 0 saturated heterocycles. The number of fused-ring (bicyclic) bond motifs is 3. The smallest absolute Gasteiger partial charge is 0.0406 e. The van der Waals surface area contributed by atoms with Crippen molar-refractivity contribution in [1.82, 2.24) is 0 Å². The van der Waals surface area contributed by atoms with E-state index in [2.05, 4.69) is 145 Å². The van der Waals surface area contributed by atoms with Gasteiger partial charge < -0.3 is 0 Å². The minimum Gasteiger partial charge on any atom is -0.0843 e. The van der Waals surface area contributed by atoms with Gasteiger partial charge in [-0.25, -0.2) is 0 Å². The lowest BCUT2D eigenvalue weighted by atomic mass is 9.77. The Bertz CT molecular complexity index is 2630. The molecule has 0 heterocycles. The summed E-state index contributed by atoms with van der Waals surface area (Å²) in [6, 6.07) is 43.5. The second-order valence-corrected chi connectivity index (χ2v) is 18.2. The lowest BCUT2D eigenvalue weighted by Crippen LogP contribution is -2.36. The van der Waals surface area contributed by atoms with E-state index in [1.54, 1.807) is 0 Å². The van der Waals surface area contributed by atoms with Crippen LogP contribution in [-0.2, 0) is 17.3 Å². The Morgan fingerprint density at radius 1 is 0.564 bits per heavy atom. The van der Waals surface area contributed by atoms with Crippen molar-refractivity contribution < 1.29 is 0 Å². The lowest BCUT2D eigenvalue weighted by molar-refractivity contribution is 0.590. The molecule has 0 aromatic heterocycles. The molecule has 0 radical (unpaired) electrons. The van der Waals surface area contributed by atoms with Crippen LogP contribution in [0.4, 0.5) is 0 Å². The number of rotatable bonds is 6. The van der Waals surface area contributed by atoms with Crippen molar-refractivity contribution in [2.24, 2.45) is 0 Å². The molecule has 8 rings (SSSR count). The van der Waals surface area contributed by atoms with Crippen molar-refractivity contribution in [2.45, 2.75) is 65.2 Å². The monoisotopic (exact) mass is 774 g/mol. The van der Waals surface area contributed by atoms with E-state index in [0.717, 1.165) is 39.0 Å². The Morgan fingerprint density at radius 2 is 1.13 bits per heavy atom. The summed E-state index contributed by atoms with van der Waals surface area (Å²) in [6.45, 7) is 14.0. The largest absolute Gasteiger partial charge is 0.0843 e. The number of hydrogen-bond donors (Lipinski definition) is 0. The third kappa shape index (κ3) is 7.18. The van der Waals surface area contributed by atoms with E-state index in [-0.39, 0.29) is 10.8 Å². The van der Waals surface area contributed by atoms with Crippen molar-refractivity contribution >= 4 is 45.9 Å². The fourth-order valence-electron chi connectivity index (χ4n) is 8.37. The second kappa shape index (κ2) is 14.5. The molecule has 6 aromatic rings. The van der Waals surface area contributed by atoms with Crippen LogP contribution in [0, 0.1) is 0 Å². The molecule has 0 N–H and O–H groups in total. The normalized spacial score (nSPS) is 14.2. The zero-order valence-electron chi connectivity index (χ0n) is 32.3. The maximum Gasteiger partial charge on any atom is 0.0406 e. The minimum absolute atomic E-state index is 0.117. The Labute approximate surface area is 341 Å². The predicted molar refractivity (Wildman–Crippen MR) is 238 cm³/mol. The predicted octanol–water partition coefficient (Wildman–Crippen LogP) is 14.1. The zero-order chi connectivity index (χ0) is 38.6. The van der Waals surface area contributed by atoms with Crippen molar-refractivity contribution in [3.05, 3.63) is 198 Å². The lowest BCUT2D eigenvalue weighted by Gasteiger charge is -2.27. The Hall–Kier alpha value is -4.59. The Kier molecular flexibility index (Phi) is 9.83. The summed E-state index contributed by atoms with van der Waals surface area (Å²) in [7, 11) is 0. The van der Waals surface area contributed by atoms with E-state index in [0.29, 0.717) is 0 Å². The van der Waals surface area contributed by atoms with Gasteiger partial charge in [-0.2, -0.15) is 0 Å². The van der Waals surface area contributed by atoms with Crippen molar-refractivity contribution in [3.8, 4) is 33.4 Å². The first kappa shape index (κ1) is 37.3. The first-order chi connectivity index (χ1) is 26.3. The molecule has 0 nitrogen and oxygen atoms in total. The van der Waals surface area contributed by atoms with Gasteiger partial charge in [0.25, 0.3) is 0 Å². The van der Waals surface area contributed by atoms with Crippen LogP contribution in [0.15, 0.2) is 145 Å². The first-order valence-corrected chi connectivity index (χ1v) is 20.2. The van der Waals surface area contributed by atoms with Crippen LogP contribution in [0.25, 0.3) is 44.5 Å². The van der Waals surface area contributed by atoms with Gasteiger partial charge in [0.15, 0.2) is 0 Å². The summed E-state index contributed by atoms with van der Waals surface area (Å²) in [5.74, 6) is 0. The van der Waals surface area contributed by atoms with Gasteiger partial charge in [-0.15, -0.1) is 0 Å². The molecule has 0 aliphatic heterocycles. The second-order valence-electron chi connectivity index (χ2n) is 16.9. The Morgan fingerprint density at radius 3 is 1.69 bits per heavy atom. The summed E-state index contributed by atoms with van der Waals surface area (Å²) in [4.78, 5) is 0. The molecule has 0 spiro atoms. The van der Waals surface area contributed by atoms with Gasteiger partial charge >= 0.3 is 0 Å². The average molecular weight is 776 g/mol. The summed E-state index contributed by atoms with van der Waals surface area (Å²) >= 11 is 19.6. The van der Waals surface area contributed by atoms with Crippen LogP contribution >= 0.6 is 34.8 Å². The molecule has 55 heavy (non-hydrogen) atoms. The third-order valence-electron chi connectivity index (χ3n) is 11.0. The molecule has 0 fully saturated rings. The zero-order valence-corrected chi connectivity index (χ0v) is 34.6. The van der Waals surface area contributed by atoms with Gasteiger partial charge in [-0.3, -0.25) is 0 Å². The number of hydrogen-bond acceptors (Lipinski definition) is 0. The maximum absolute atomic E-state index is 6.60. The van der Waals surface area contributed by atoms with Gasteiger partial charge in [0.05, 0.1) is 0 Å². The fraction of sp³-hybridized carbons (Fsp3) is 0.192. The van der Waals surface area contributed by atoms with Gasteiger partial charge in [0.1, 0.15) is 0 Å². The van der Waals surface area contributed by atoms with E-state index < -0.39 is 0 Å². The van der Waals surface area contributed by atoms with Crippen LogP contribution in [0.5, 0.6) is 0 Å². The summed E-state index contributed by atoms with van der Waals surface area (Å²) in [5.41, 5.74) is 17.2. The first-order valence-electron chi connectivity index (χ1n) is 19.1. The molecular weight excluding hydrogens is 731 g/mol. The minimum atomic E-state index is -0.191. The van der Waals surface area contributed by atoms with Crippen LogP contribution in [0.1, 0.15) is 75.8 Å². The van der Waals surface area contributed by atoms with Crippen molar-refractivity contribution in [3.63, 3.8) is 0 Å². The van der Waals surface area contributed by atoms with E-state index in [4.69, 9.17) is 34.8 Å². The highest BCUT2D eigenvalue weighted by Gasteiger charge is 2.33. The topological polar surface area (TPSA) is 0 Å². The average Bonchev–Trinajstić information content (AvgIpc) is 3.80. The summed E-state index contributed by atoms with van der Waals surface area (Å²) in [5, 5.41) is 4.74. The number of halogens is 3. The molecule has 0 amide bonds. The van der Waals surface area contributed by atoms with Crippen LogP contribution < -0.4 is 10.4 Å². The standard InChI is InChI=1S/C52H45Cl3/c1-51(2,3)45-30-42-43(29-40(45)33-16-22-37(53)23-17-33)47(35-14-10-11-15-35)50-44(42)31-46(52(4,5)6)48(36-20-26-39(55)27-21-36)49(50)41(28-32-12-8-7-9-13-32)34-18-24-38(54)25-19-34/h7-14,16-27,29-31H,15,28H2,1-6H3. The highest BCUT2D eigenvalue weighted by molar-refractivity contribution is 6.31.